The number of nitrogens with one attached hydrogen (secondary N) is 1. The van der Waals surface area contributed by atoms with Gasteiger partial charge in [-0.2, -0.15) is 0 Å². The first-order valence-electron chi connectivity index (χ1n) is 6.46. The molecule has 0 spiro atoms. The van der Waals surface area contributed by atoms with Gasteiger partial charge in [-0.25, -0.2) is 9.78 Å². The Morgan fingerprint density at radius 1 is 1.14 bits per heavy atom. The van der Waals surface area contributed by atoms with Crippen molar-refractivity contribution < 1.29 is 9.90 Å². The Morgan fingerprint density at radius 2 is 1.90 bits per heavy atom. The van der Waals surface area contributed by atoms with Gasteiger partial charge in [0.1, 0.15) is 11.5 Å². The molecule has 5 nitrogen and oxygen atoms in total. The van der Waals surface area contributed by atoms with Crippen molar-refractivity contribution in [2.24, 2.45) is 0 Å². The van der Waals surface area contributed by atoms with Crippen molar-refractivity contribution in [2.45, 2.75) is 6.92 Å². The molecule has 0 amide bonds. The largest absolute Gasteiger partial charge is 0.477 e. The maximum atomic E-state index is 11.4. The third kappa shape index (κ3) is 2.53. The van der Waals surface area contributed by atoms with Crippen molar-refractivity contribution >= 4 is 5.97 Å². The lowest BCUT2D eigenvalue weighted by Crippen LogP contribution is -1.99. The van der Waals surface area contributed by atoms with E-state index < -0.39 is 5.97 Å². The van der Waals surface area contributed by atoms with E-state index in [0.29, 0.717) is 11.5 Å². The summed E-state index contributed by atoms with van der Waals surface area (Å²) in [7, 11) is 0. The number of carboxylic acid groups (broad SMARTS) is 1. The van der Waals surface area contributed by atoms with E-state index in [4.69, 9.17) is 0 Å². The number of rotatable bonds is 3. The van der Waals surface area contributed by atoms with Gasteiger partial charge in [-0.15, -0.1) is 0 Å². The van der Waals surface area contributed by atoms with E-state index in [-0.39, 0.29) is 5.69 Å². The molecule has 0 bridgehead atoms. The van der Waals surface area contributed by atoms with E-state index in [9.17, 15) is 9.90 Å². The Hall–Kier alpha value is -2.95. The van der Waals surface area contributed by atoms with Crippen LogP contribution in [0.25, 0.3) is 22.6 Å². The SMILES string of the molecule is Cc1ccc(-c2nc(-c3cccnc3)[nH]c2C(=O)O)cc1. The van der Waals surface area contributed by atoms with E-state index in [0.717, 1.165) is 16.7 Å². The van der Waals surface area contributed by atoms with Crippen LogP contribution in [0.4, 0.5) is 0 Å². The highest BCUT2D eigenvalue weighted by molar-refractivity contribution is 5.94. The molecule has 0 aliphatic carbocycles. The second-order valence-electron chi connectivity index (χ2n) is 4.72. The lowest BCUT2D eigenvalue weighted by Gasteiger charge is -1.99. The predicted octanol–water partition coefficient (Wildman–Crippen LogP) is 3.15. The molecule has 0 radical (unpaired) electrons. The van der Waals surface area contributed by atoms with Crippen LogP contribution in [0.1, 0.15) is 16.1 Å². The number of imidazole rings is 1. The minimum absolute atomic E-state index is 0.0812. The fourth-order valence-electron chi connectivity index (χ4n) is 2.09. The summed E-state index contributed by atoms with van der Waals surface area (Å²) < 4.78 is 0. The van der Waals surface area contributed by atoms with Gasteiger partial charge in [0.15, 0.2) is 5.69 Å². The zero-order valence-electron chi connectivity index (χ0n) is 11.4. The first kappa shape index (κ1) is 13.1. The second-order valence-corrected chi connectivity index (χ2v) is 4.72. The van der Waals surface area contributed by atoms with Crippen LogP contribution in [-0.4, -0.2) is 26.0 Å². The number of carbonyl (C=O) groups is 1. The number of hydrogen-bond acceptors (Lipinski definition) is 3. The lowest BCUT2D eigenvalue weighted by molar-refractivity contribution is 0.0692. The minimum atomic E-state index is -1.03. The van der Waals surface area contributed by atoms with Gasteiger partial charge in [0.25, 0.3) is 0 Å². The zero-order chi connectivity index (χ0) is 14.8. The first-order chi connectivity index (χ1) is 10.1. The van der Waals surface area contributed by atoms with Gasteiger partial charge in [-0.1, -0.05) is 29.8 Å². The molecule has 3 rings (SSSR count). The number of hydrogen-bond donors (Lipinski definition) is 2. The standard InChI is InChI=1S/C16H13N3O2/c1-10-4-6-11(7-5-10)13-14(16(20)21)19-15(18-13)12-3-2-8-17-9-12/h2-9H,1H3,(H,18,19)(H,20,21). The quantitative estimate of drug-likeness (QED) is 0.772. The number of H-pyrrole nitrogens is 1. The summed E-state index contributed by atoms with van der Waals surface area (Å²) in [6.07, 6.45) is 3.30. The minimum Gasteiger partial charge on any atom is -0.477 e. The molecule has 104 valence electrons. The summed E-state index contributed by atoms with van der Waals surface area (Å²) in [5, 5.41) is 9.35. The number of aromatic carboxylic acids is 1. The fraction of sp³-hybridized carbons (Fsp3) is 0.0625. The van der Waals surface area contributed by atoms with Crippen LogP contribution in [0.3, 0.4) is 0 Å². The Bertz CT molecular complexity index is 777. The van der Waals surface area contributed by atoms with E-state index in [1.165, 1.54) is 0 Å². The van der Waals surface area contributed by atoms with Crippen LogP contribution < -0.4 is 0 Å². The van der Waals surface area contributed by atoms with Crippen LogP contribution >= 0.6 is 0 Å². The summed E-state index contributed by atoms with van der Waals surface area (Å²) in [5.74, 6) is -0.538. The van der Waals surface area contributed by atoms with Crippen molar-refractivity contribution in [1.29, 1.82) is 0 Å². The number of aryl methyl sites for hydroxylation is 1. The van der Waals surface area contributed by atoms with E-state index in [2.05, 4.69) is 15.0 Å². The molecule has 0 unspecified atom stereocenters. The molecule has 0 aliphatic heterocycles. The molecule has 21 heavy (non-hydrogen) atoms. The zero-order valence-corrected chi connectivity index (χ0v) is 11.4. The molecule has 0 saturated heterocycles. The number of nitrogens with zero attached hydrogens (tertiary/aromatic N) is 2. The van der Waals surface area contributed by atoms with E-state index in [1.54, 1.807) is 18.5 Å². The number of carboxylic acids is 1. The van der Waals surface area contributed by atoms with E-state index in [1.807, 2.05) is 37.3 Å². The van der Waals surface area contributed by atoms with Crippen molar-refractivity contribution in [1.82, 2.24) is 15.0 Å². The van der Waals surface area contributed by atoms with Crippen molar-refractivity contribution in [3.8, 4) is 22.6 Å². The number of benzene rings is 1. The van der Waals surface area contributed by atoms with Crippen molar-refractivity contribution in [2.75, 3.05) is 0 Å². The van der Waals surface area contributed by atoms with Crippen molar-refractivity contribution in [3.05, 3.63) is 60.0 Å². The van der Waals surface area contributed by atoms with Gasteiger partial charge < -0.3 is 10.1 Å². The second kappa shape index (κ2) is 5.20. The molecule has 2 aromatic heterocycles. The van der Waals surface area contributed by atoms with Gasteiger partial charge in [-0.3, -0.25) is 4.98 Å². The molecule has 5 heteroatoms. The summed E-state index contributed by atoms with van der Waals surface area (Å²) in [4.78, 5) is 22.7. The lowest BCUT2D eigenvalue weighted by atomic mass is 10.1. The smallest absolute Gasteiger partial charge is 0.354 e. The molecule has 0 saturated carbocycles. The Kier molecular flexibility index (Phi) is 3.23. The van der Waals surface area contributed by atoms with Gasteiger partial charge in [0.05, 0.1) is 0 Å². The van der Waals surface area contributed by atoms with Crippen LogP contribution in [0.5, 0.6) is 0 Å². The molecule has 2 N–H and O–H groups in total. The Morgan fingerprint density at radius 3 is 2.52 bits per heavy atom. The van der Waals surface area contributed by atoms with Crippen LogP contribution in [0.2, 0.25) is 0 Å². The monoisotopic (exact) mass is 279 g/mol. The van der Waals surface area contributed by atoms with Gasteiger partial charge in [0, 0.05) is 23.5 Å². The third-order valence-corrected chi connectivity index (χ3v) is 3.18. The highest BCUT2D eigenvalue weighted by Crippen LogP contribution is 2.26. The summed E-state index contributed by atoms with van der Waals surface area (Å²) in [6.45, 7) is 1.98. The molecule has 0 atom stereocenters. The highest BCUT2D eigenvalue weighted by Gasteiger charge is 2.18. The van der Waals surface area contributed by atoms with Crippen molar-refractivity contribution in [3.63, 3.8) is 0 Å². The third-order valence-electron chi connectivity index (χ3n) is 3.18. The molecule has 3 aromatic rings. The molecular weight excluding hydrogens is 266 g/mol. The summed E-state index contributed by atoms with van der Waals surface area (Å²) in [6, 6.07) is 11.2. The average molecular weight is 279 g/mol. The van der Waals surface area contributed by atoms with Gasteiger partial charge in [0.2, 0.25) is 0 Å². The van der Waals surface area contributed by atoms with Crippen LogP contribution in [0.15, 0.2) is 48.8 Å². The van der Waals surface area contributed by atoms with Crippen LogP contribution in [0, 0.1) is 6.92 Å². The maximum Gasteiger partial charge on any atom is 0.354 e. The summed E-state index contributed by atoms with van der Waals surface area (Å²) >= 11 is 0. The molecule has 0 aliphatic rings. The molecule has 1 aromatic carbocycles. The normalized spacial score (nSPS) is 10.5. The predicted molar refractivity (Wildman–Crippen MR) is 79.0 cm³/mol. The van der Waals surface area contributed by atoms with E-state index >= 15 is 0 Å². The average Bonchev–Trinajstić information content (AvgIpc) is 2.94. The molecular formula is C16H13N3O2. The first-order valence-corrected chi connectivity index (χ1v) is 6.46. The maximum absolute atomic E-state index is 11.4. The van der Waals surface area contributed by atoms with Gasteiger partial charge in [-0.05, 0) is 19.1 Å². The molecule has 0 fully saturated rings. The Balaban J connectivity index is 2.14. The Labute approximate surface area is 121 Å². The number of aromatic nitrogens is 3. The van der Waals surface area contributed by atoms with Crippen LogP contribution in [-0.2, 0) is 0 Å². The fourth-order valence-corrected chi connectivity index (χ4v) is 2.09. The van der Waals surface area contributed by atoms with Gasteiger partial charge >= 0.3 is 5.97 Å². The summed E-state index contributed by atoms with van der Waals surface area (Å²) in [5.41, 5.74) is 3.14. The topological polar surface area (TPSA) is 78.9 Å². The molecule has 2 heterocycles. The highest BCUT2D eigenvalue weighted by atomic mass is 16.4. The number of pyridine rings is 1. The number of aromatic amines is 1.